The molecule has 0 aliphatic carbocycles. The van der Waals surface area contributed by atoms with E-state index >= 15 is 0 Å². The minimum Gasteiger partial charge on any atom is -0.894 e. The summed E-state index contributed by atoms with van der Waals surface area (Å²) in [7, 11) is -33.3. The van der Waals surface area contributed by atoms with Crippen LogP contribution in [0.15, 0.2) is 0 Å². The summed E-state index contributed by atoms with van der Waals surface area (Å²) in [6, 6.07) is 0. The van der Waals surface area contributed by atoms with E-state index in [-0.39, 0.29) is 75.4 Å². The molecule has 0 heterocycles. The van der Waals surface area contributed by atoms with Gasteiger partial charge in [0.15, 0.2) is 0 Å². The molecular formula is H24Li4O28Si7. The Labute approximate surface area is 271 Å². The SMILES string of the molecule is O[Si](O)(O)O.O[Si](O)(O)O.O[Si](O)(O)O.O[Si](O)(O)O.O[Si](O)(O)O.O[Si](O)(O)O.[Li+].[Li+].[Li+].[Li+].[O-][Si]([O-])([O-])[O-]. The first kappa shape index (κ1) is 73.3. The van der Waals surface area contributed by atoms with Gasteiger partial charge in [0.05, 0.1) is 0 Å². The predicted molar refractivity (Wildman–Crippen MR) is 93.5 cm³/mol. The maximum absolute atomic E-state index is 8.58. The topological polar surface area (TPSA) is 578 Å². The van der Waals surface area contributed by atoms with E-state index in [2.05, 4.69) is 0 Å². The van der Waals surface area contributed by atoms with Crippen molar-refractivity contribution < 1.29 is 210 Å². The third-order valence-electron chi connectivity index (χ3n) is 0. The molecule has 0 radical (unpaired) electrons. The maximum atomic E-state index is 8.58. The molecular weight excluding hydrogens is 672 g/mol. The van der Waals surface area contributed by atoms with E-state index in [9.17, 15) is 0 Å². The molecule has 39 heavy (non-hydrogen) atoms. The molecule has 0 aromatic heterocycles. The van der Waals surface area contributed by atoms with E-state index in [1.54, 1.807) is 0 Å². The summed E-state index contributed by atoms with van der Waals surface area (Å²) in [4.78, 5) is 210. The zero-order chi connectivity index (χ0) is 31.5. The quantitative estimate of drug-likeness (QED) is 0.104. The Morgan fingerprint density at radius 3 is 0.205 bits per heavy atom. The molecule has 0 aromatic carbocycles. The molecule has 39 heteroatoms. The van der Waals surface area contributed by atoms with Crippen LogP contribution in [0.3, 0.4) is 0 Å². The molecule has 0 unspecified atom stereocenters. The van der Waals surface area contributed by atoms with Gasteiger partial charge in [-0.15, -0.1) is 0 Å². The molecule has 0 aliphatic heterocycles. The monoisotopic (exact) mass is 696 g/mol. The van der Waals surface area contributed by atoms with E-state index < -0.39 is 63.3 Å². The van der Waals surface area contributed by atoms with Crippen LogP contribution >= 0.6 is 0 Å². The molecule has 224 valence electrons. The fraction of sp³-hybridized carbons (Fsp3) is 0. The Bertz CT molecular complexity index is 270. The Morgan fingerprint density at radius 2 is 0.205 bits per heavy atom. The Kier molecular flexibility index (Phi) is 60.5. The van der Waals surface area contributed by atoms with Crippen LogP contribution in [0.5, 0.6) is 0 Å². The van der Waals surface area contributed by atoms with Crippen molar-refractivity contribution >= 4 is 63.3 Å². The third kappa shape index (κ3) is 7900. The van der Waals surface area contributed by atoms with Gasteiger partial charge in [0.1, 0.15) is 0 Å². The van der Waals surface area contributed by atoms with Crippen molar-refractivity contribution in [3.05, 3.63) is 0 Å². The number of hydrogen-bond donors (Lipinski definition) is 24. The van der Waals surface area contributed by atoms with Gasteiger partial charge in [-0.25, -0.2) is 0 Å². The largest absolute Gasteiger partial charge is 1.00 e. The van der Waals surface area contributed by atoms with E-state index in [1.165, 1.54) is 0 Å². The van der Waals surface area contributed by atoms with Crippen molar-refractivity contribution in [3.8, 4) is 0 Å². The molecule has 0 aromatic rings. The van der Waals surface area contributed by atoms with E-state index in [4.69, 9.17) is 134 Å². The molecule has 0 atom stereocenters. The molecule has 0 bridgehead atoms. The van der Waals surface area contributed by atoms with E-state index in [1.807, 2.05) is 0 Å². The first-order valence-electron chi connectivity index (χ1n) is 6.18. The first-order valence-corrected chi connectivity index (χ1v) is 18.5. The van der Waals surface area contributed by atoms with Crippen molar-refractivity contribution in [2.24, 2.45) is 0 Å². The zero-order valence-electron chi connectivity index (χ0n) is 19.9. The molecule has 0 aliphatic rings. The summed E-state index contributed by atoms with van der Waals surface area (Å²) in [5, 5.41) is 0. The van der Waals surface area contributed by atoms with Gasteiger partial charge in [-0.05, 0) is 0 Å². The fourth-order valence-electron chi connectivity index (χ4n) is 0. The molecule has 28 nitrogen and oxygen atoms in total. The van der Waals surface area contributed by atoms with Gasteiger partial charge in [-0.2, -0.15) is 0 Å². The van der Waals surface area contributed by atoms with Gasteiger partial charge in [-0.1, -0.05) is 0 Å². The van der Waals surface area contributed by atoms with Gasteiger partial charge in [0.2, 0.25) is 0 Å². The summed E-state index contributed by atoms with van der Waals surface area (Å²) in [6.07, 6.45) is 0. The molecule has 0 saturated carbocycles. The molecule has 0 spiro atoms. The van der Waals surface area contributed by atoms with Crippen LogP contribution in [0, 0.1) is 0 Å². The normalized spacial score (nSPS) is 10.8. The van der Waals surface area contributed by atoms with Crippen molar-refractivity contribution in [2.45, 2.75) is 0 Å². The second-order valence-corrected chi connectivity index (χ2v) is 12.3. The molecule has 24 N–H and O–H groups in total. The number of hydrogen-bond acceptors (Lipinski definition) is 28. The van der Waals surface area contributed by atoms with Crippen LogP contribution in [-0.4, -0.2) is 178 Å². The van der Waals surface area contributed by atoms with Crippen LogP contribution in [0.4, 0.5) is 0 Å². The summed E-state index contributed by atoms with van der Waals surface area (Å²) in [5.74, 6) is 0. The van der Waals surface area contributed by atoms with Crippen molar-refractivity contribution in [1.29, 1.82) is 0 Å². The minimum absolute atomic E-state index is 0. The second-order valence-electron chi connectivity index (χ2n) is 4.10. The average molecular weight is 697 g/mol. The second kappa shape index (κ2) is 32.2. The van der Waals surface area contributed by atoms with E-state index in [0.717, 1.165) is 0 Å². The van der Waals surface area contributed by atoms with Gasteiger partial charge >= 0.3 is 130 Å². The molecule has 0 rings (SSSR count). The zero-order valence-corrected chi connectivity index (χ0v) is 26.9. The number of rotatable bonds is 0. The predicted octanol–water partition coefficient (Wildman–Crippen LogP) is -32.8. The van der Waals surface area contributed by atoms with Crippen molar-refractivity contribution in [3.63, 3.8) is 0 Å². The standard InChI is InChI=1S/4Li.6H4O4Si.O4Si/c;;;;7*1-5(2,3)4/h;;;;6*1-4H;/q4*+1;;;;;;;-4. The Morgan fingerprint density at radius 1 is 0.205 bits per heavy atom. The van der Waals surface area contributed by atoms with Crippen LogP contribution in [0.2, 0.25) is 0 Å². The van der Waals surface area contributed by atoms with Crippen molar-refractivity contribution in [1.82, 2.24) is 0 Å². The van der Waals surface area contributed by atoms with Gasteiger partial charge < -0.3 is 143 Å². The summed E-state index contributed by atoms with van der Waals surface area (Å²) in [5.41, 5.74) is 0. The molecule has 0 saturated heterocycles. The van der Waals surface area contributed by atoms with Gasteiger partial charge in [-0.3, -0.25) is 0 Å². The Hall–Kier alpha value is 2.79. The van der Waals surface area contributed by atoms with Crippen LogP contribution in [-0.2, 0) is 0 Å². The smallest absolute Gasteiger partial charge is 0.894 e. The van der Waals surface area contributed by atoms with E-state index in [0.29, 0.717) is 0 Å². The molecule has 0 fully saturated rings. The summed E-state index contributed by atoms with van der Waals surface area (Å²) < 4.78 is 0. The van der Waals surface area contributed by atoms with Gasteiger partial charge in [0.25, 0.3) is 0 Å². The van der Waals surface area contributed by atoms with Crippen LogP contribution in [0.25, 0.3) is 0 Å². The Balaban J connectivity index is -0.0000000256. The average Bonchev–Trinajstić information content (AvgIpc) is 2.06. The van der Waals surface area contributed by atoms with Crippen molar-refractivity contribution in [2.75, 3.05) is 0 Å². The third-order valence-corrected chi connectivity index (χ3v) is 0. The maximum Gasteiger partial charge on any atom is 1.00 e. The molecule has 0 amide bonds. The summed E-state index contributed by atoms with van der Waals surface area (Å²) >= 11 is 0. The van der Waals surface area contributed by atoms with Crippen LogP contribution in [0.1, 0.15) is 0 Å². The van der Waals surface area contributed by atoms with Crippen LogP contribution < -0.4 is 94.6 Å². The fourth-order valence-corrected chi connectivity index (χ4v) is 0. The summed E-state index contributed by atoms with van der Waals surface area (Å²) in [6.45, 7) is 0. The minimum atomic E-state index is -5.61. The van der Waals surface area contributed by atoms with Gasteiger partial charge in [0, 0.05) is 0 Å². The first-order chi connectivity index (χ1) is 14.0.